The van der Waals surface area contributed by atoms with Gasteiger partial charge in [-0.3, -0.25) is 4.79 Å². The molecule has 22 heavy (non-hydrogen) atoms. The van der Waals surface area contributed by atoms with E-state index in [-0.39, 0.29) is 5.91 Å². The molecule has 0 bridgehead atoms. The molecule has 1 unspecified atom stereocenters. The van der Waals surface area contributed by atoms with Gasteiger partial charge in [-0.1, -0.05) is 24.3 Å². The fourth-order valence-electron chi connectivity index (χ4n) is 2.32. The van der Waals surface area contributed by atoms with Crippen molar-refractivity contribution < 1.29 is 14.3 Å². The first-order valence-electron chi connectivity index (χ1n) is 7.30. The van der Waals surface area contributed by atoms with E-state index in [0.717, 1.165) is 5.69 Å². The molecular weight excluding hydrogens is 280 g/mol. The standard InChI is InChI=1S/C17H18N2O3/c1-2-21-14-9-5-4-8-13(14)19-17(20)16-11-18-12-7-3-6-10-15(12)22-16/h3-10,16,18H,2,11H2,1H3,(H,19,20). The maximum Gasteiger partial charge on any atom is 0.267 e. The molecule has 5 heteroatoms. The molecule has 0 aromatic heterocycles. The van der Waals surface area contributed by atoms with E-state index in [2.05, 4.69) is 10.6 Å². The number of amides is 1. The molecule has 1 amide bonds. The smallest absolute Gasteiger partial charge is 0.267 e. The number of hydrogen-bond acceptors (Lipinski definition) is 4. The van der Waals surface area contributed by atoms with Crippen molar-refractivity contribution in [2.75, 3.05) is 23.8 Å². The van der Waals surface area contributed by atoms with Crippen molar-refractivity contribution in [3.8, 4) is 11.5 Å². The van der Waals surface area contributed by atoms with Crippen LogP contribution in [0.15, 0.2) is 48.5 Å². The Morgan fingerprint density at radius 3 is 2.91 bits per heavy atom. The maximum absolute atomic E-state index is 12.4. The quantitative estimate of drug-likeness (QED) is 0.911. The highest BCUT2D eigenvalue weighted by Gasteiger charge is 2.26. The third-order valence-electron chi connectivity index (χ3n) is 3.37. The molecule has 1 aliphatic rings. The van der Waals surface area contributed by atoms with Crippen LogP contribution in [0.5, 0.6) is 11.5 Å². The molecule has 1 heterocycles. The fraction of sp³-hybridized carbons (Fsp3) is 0.235. The number of nitrogens with one attached hydrogen (secondary N) is 2. The van der Waals surface area contributed by atoms with E-state index in [4.69, 9.17) is 9.47 Å². The van der Waals surface area contributed by atoms with Crippen LogP contribution in [-0.2, 0) is 4.79 Å². The third kappa shape index (κ3) is 2.98. The lowest BCUT2D eigenvalue weighted by Gasteiger charge is -2.26. The second kappa shape index (κ2) is 6.39. The summed E-state index contributed by atoms with van der Waals surface area (Å²) in [4.78, 5) is 12.4. The van der Waals surface area contributed by atoms with Crippen LogP contribution < -0.4 is 20.1 Å². The Balaban J connectivity index is 1.71. The van der Waals surface area contributed by atoms with Crippen molar-refractivity contribution in [2.45, 2.75) is 13.0 Å². The predicted molar refractivity (Wildman–Crippen MR) is 85.6 cm³/mol. The molecule has 0 saturated heterocycles. The van der Waals surface area contributed by atoms with Crippen molar-refractivity contribution >= 4 is 17.3 Å². The minimum atomic E-state index is -0.579. The number of carbonyl (C=O) groups excluding carboxylic acids is 1. The zero-order chi connectivity index (χ0) is 15.4. The molecule has 1 atom stereocenters. The molecule has 0 radical (unpaired) electrons. The van der Waals surface area contributed by atoms with E-state index in [1.54, 1.807) is 0 Å². The summed E-state index contributed by atoms with van der Waals surface area (Å²) in [7, 11) is 0. The average Bonchev–Trinajstić information content (AvgIpc) is 2.56. The second-order valence-electron chi connectivity index (χ2n) is 4.90. The highest BCUT2D eigenvalue weighted by molar-refractivity contribution is 5.96. The molecule has 0 aliphatic carbocycles. The minimum absolute atomic E-state index is 0.200. The van der Waals surface area contributed by atoms with E-state index in [9.17, 15) is 4.79 Å². The second-order valence-corrected chi connectivity index (χ2v) is 4.90. The highest BCUT2D eigenvalue weighted by Crippen LogP contribution is 2.29. The van der Waals surface area contributed by atoms with E-state index in [1.807, 2.05) is 55.5 Å². The van der Waals surface area contributed by atoms with Crippen molar-refractivity contribution in [1.82, 2.24) is 0 Å². The Labute approximate surface area is 129 Å². The highest BCUT2D eigenvalue weighted by atomic mass is 16.5. The summed E-state index contributed by atoms with van der Waals surface area (Å²) in [6.45, 7) is 2.88. The van der Waals surface area contributed by atoms with E-state index >= 15 is 0 Å². The number of rotatable bonds is 4. The van der Waals surface area contributed by atoms with E-state index in [0.29, 0.717) is 30.3 Å². The molecule has 0 fully saturated rings. The molecule has 3 rings (SSSR count). The average molecular weight is 298 g/mol. The Hall–Kier alpha value is -2.69. The Bertz CT molecular complexity index is 672. The zero-order valence-electron chi connectivity index (χ0n) is 12.3. The van der Waals surface area contributed by atoms with Gasteiger partial charge in [-0.15, -0.1) is 0 Å². The normalized spacial score (nSPS) is 16.0. The first-order chi connectivity index (χ1) is 10.8. The summed E-state index contributed by atoms with van der Waals surface area (Å²) in [5, 5.41) is 6.07. The molecular formula is C17H18N2O3. The van der Waals surface area contributed by atoms with Gasteiger partial charge in [-0.05, 0) is 31.2 Å². The Morgan fingerprint density at radius 1 is 1.27 bits per heavy atom. The van der Waals surface area contributed by atoms with Gasteiger partial charge in [0.2, 0.25) is 0 Å². The van der Waals surface area contributed by atoms with Crippen molar-refractivity contribution in [2.24, 2.45) is 0 Å². The van der Waals surface area contributed by atoms with Gasteiger partial charge in [0, 0.05) is 0 Å². The van der Waals surface area contributed by atoms with Crippen LogP contribution in [0.3, 0.4) is 0 Å². The summed E-state index contributed by atoms with van der Waals surface area (Å²) < 4.78 is 11.3. The monoisotopic (exact) mass is 298 g/mol. The van der Waals surface area contributed by atoms with Gasteiger partial charge in [0.25, 0.3) is 5.91 Å². The van der Waals surface area contributed by atoms with Gasteiger partial charge < -0.3 is 20.1 Å². The largest absolute Gasteiger partial charge is 0.492 e. The molecule has 0 saturated carbocycles. The van der Waals surface area contributed by atoms with Crippen LogP contribution in [0, 0.1) is 0 Å². The number of benzene rings is 2. The molecule has 0 spiro atoms. The predicted octanol–water partition coefficient (Wildman–Crippen LogP) is 2.90. The molecule has 1 aliphatic heterocycles. The van der Waals surface area contributed by atoms with Crippen molar-refractivity contribution in [3.63, 3.8) is 0 Å². The van der Waals surface area contributed by atoms with Gasteiger partial charge in [0.05, 0.1) is 24.5 Å². The number of fused-ring (bicyclic) bond motifs is 1. The molecule has 114 valence electrons. The summed E-state index contributed by atoms with van der Waals surface area (Å²) >= 11 is 0. The minimum Gasteiger partial charge on any atom is -0.492 e. The lowest BCUT2D eigenvalue weighted by molar-refractivity contribution is -0.122. The topological polar surface area (TPSA) is 59.6 Å². The van der Waals surface area contributed by atoms with Gasteiger partial charge in [0.15, 0.2) is 6.10 Å². The fourth-order valence-corrected chi connectivity index (χ4v) is 2.32. The van der Waals surface area contributed by atoms with Crippen LogP contribution in [0.2, 0.25) is 0 Å². The summed E-state index contributed by atoms with van der Waals surface area (Å²) in [5.41, 5.74) is 1.55. The molecule has 2 aromatic rings. The van der Waals surface area contributed by atoms with Gasteiger partial charge >= 0.3 is 0 Å². The van der Waals surface area contributed by atoms with Crippen molar-refractivity contribution in [3.05, 3.63) is 48.5 Å². The lowest BCUT2D eigenvalue weighted by atomic mass is 10.2. The number of hydrogen-bond donors (Lipinski definition) is 2. The first kappa shape index (κ1) is 14.3. The Morgan fingerprint density at radius 2 is 2.05 bits per heavy atom. The van der Waals surface area contributed by atoms with Crippen LogP contribution >= 0.6 is 0 Å². The number of anilines is 2. The SMILES string of the molecule is CCOc1ccccc1NC(=O)C1CNc2ccccc2O1. The van der Waals surface area contributed by atoms with Gasteiger partial charge in [-0.25, -0.2) is 0 Å². The first-order valence-corrected chi connectivity index (χ1v) is 7.30. The lowest BCUT2D eigenvalue weighted by Crippen LogP contribution is -2.41. The van der Waals surface area contributed by atoms with Crippen LogP contribution in [0.25, 0.3) is 0 Å². The summed E-state index contributed by atoms with van der Waals surface area (Å²) in [6.07, 6.45) is -0.579. The number of carbonyl (C=O) groups is 1. The number of para-hydroxylation sites is 4. The summed E-state index contributed by atoms with van der Waals surface area (Å²) in [6, 6.07) is 14.9. The van der Waals surface area contributed by atoms with Crippen LogP contribution in [-0.4, -0.2) is 25.2 Å². The molecule has 2 aromatic carbocycles. The van der Waals surface area contributed by atoms with E-state index < -0.39 is 6.10 Å². The maximum atomic E-state index is 12.4. The van der Waals surface area contributed by atoms with Crippen LogP contribution in [0.4, 0.5) is 11.4 Å². The summed E-state index contributed by atoms with van der Waals surface area (Å²) in [5.74, 6) is 1.14. The van der Waals surface area contributed by atoms with Crippen molar-refractivity contribution in [1.29, 1.82) is 0 Å². The molecule has 2 N–H and O–H groups in total. The van der Waals surface area contributed by atoms with Gasteiger partial charge in [0.1, 0.15) is 11.5 Å². The number of ether oxygens (including phenoxy) is 2. The Kier molecular flexibility index (Phi) is 4.14. The van der Waals surface area contributed by atoms with E-state index in [1.165, 1.54) is 0 Å². The zero-order valence-corrected chi connectivity index (χ0v) is 12.3. The third-order valence-corrected chi connectivity index (χ3v) is 3.37. The van der Waals surface area contributed by atoms with Gasteiger partial charge in [-0.2, -0.15) is 0 Å². The molecule has 5 nitrogen and oxygen atoms in total. The van der Waals surface area contributed by atoms with Crippen LogP contribution in [0.1, 0.15) is 6.92 Å².